The van der Waals surface area contributed by atoms with Crippen molar-refractivity contribution < 1.29 is 0 Å². The Labute approximate surface area is 168 Å². The second-order valence-corrected chi connectivity index (χ2v) is 7.24. The predicted octanol–water partition coefficient (Wildman–Crippen LogP) is 3.89. The van der Waals surface area contributed by atoms with Crippen LogP contribution >= 0.6 is 0 Å². The molecule has 5 rings (SSSR count). The van der Waals surface area contributed by atoms with Gasteiger partial charge in [0.1, 0.15) is 5.52 Å². The minimum absolute atomic E-state index is 0.730. The van der Waals surface area contributed by atoms with Gasteiger partial charge in [0.05, 0.1) is 30.3 Å². The van der Waals surface area contributed by atoms with Crippen molar-refractivity contribution in [2.75, 3.05) is 0 Å². The molecular formula is C22H21N7. The molecule has 4 aromatic heterocycles. The third-order valence-electron chi connectivity index (χ3n) is 5.28. The normalized spacial score (nSPS) is 11.4. The molecule has 29 heavy (non-hydrogen) atoms. The fourth-order valence-corrected chi connectivity index (χ4v) is 3.74. The maximum Gasteiger partial charge on any atom is 0.156 e. The van der Waals surface area contributed by atoms with E-state index < -0.39 is 0 Å². The average molecular weight is 383 g/mol. The van der Waals surface area contributed by atoms with E-state index in [0.29, 0.717) is 0 Å². The van der Waals surface area contributed by atoms with Gasteiger partial charge in [-0.05, 0) is 19.4 Å². The topological polar surface area (TPSA) is 77.2 Å². The summed E-state index contributed by atoms with van der Waals surface area (Å²) in [6, 6.07) is 10.3. The van der Waals surface area contributed by atoms with Crippen molar-refractivity contribution in [1.82, 2.24) is 34.5 Å². The Kier molecular flexibility index (Phi) is 4.01. The van der Waals surface area contributed by atoms with Gasteiger partial charge in [0, 0.05) is 41.8 Å². The summed E-state index contributed by atoms with van der Waals surface area (Å²) < 4.78 is 3.82. The first kappa shape index (κ1) is 17.4. The van der Waals surface area contributed by atoms with Crippen LogP contribution < -0.4 is 0 Å². The summed E-state index contributed by atoms with van der Waals surface area (Å²) in [7, 11) is 1.95. The van der Waals surface area contributed by atoms with E-state index in [9.17, 15) is 0 Å². The van der Waals surface area contributed by atoms with Gasteiger partial charge >= 0.3 is 0 Å². The summed E-state index contributed by atoms with van der Waals surface area (Å²) in [5, 5.41) is 9.03. The Morgan fingerprint density at radius 2 is 1.90 bits per heavy atom. The van der Waals surface area contributed by atoms with E-state index in [1.165, 1.54) is 5.56 Å². The Morgan fingerprint density at radius 1 is 1.07 bits per heavy atom. The average Bonchev–Trinajstić information content (AvgIpc) is 3.40. The van der Waals surface area contributed by atoms with Crippen LogP contribution in [-0.4, -0.2) is 34.5 Å². The molecule has 0 bridgehead atoms. The first-order valence-electron chi connectivity index (χ1n) is 9.51. The molecule has 0 aliphatic rings. The zero-order valence-corrected chi connectivity index (χ0v) is 16.6. The highest BCUT2D eigenvalue weighted by Gasteiger charge is 2.17. The number of aryl methyl sites for hydroxylation is 2. The van der Waals surface area contributed by atoms with Crippen LogP contribution in [0.5, 0.6) is 0 Å². The molecule has 1 aromatic carbocycles. The van der Waals surface area contributed by atoms with Gasteiger partial charge in [0.25, 0.3) is 0 Å². The van der Waals surface area contributed by atoms with E-state index in [1.807, 2.05) is 67.0 Å². The number of fused-ring (bicyclic) bond motifs is 1. The predicted molar refractivity (Wildman–Crippen MR) is 112 cm³/mol. The van der Waals surface area contributed by atoms with Crippen molar-refractivity contribution in [2.24, 2.45) is 7.05 Å². The molecule has 0 saturated heterocycles. The number of H-pyrrole nitrogens is 1. The highest BCUT2D eigenvalue weighted by atomic mass is 15.3. The smallest absolute Gasteiger partial charge is 0.156 e. The molecule has 4 heterocycles. The standard InChI is InChI=1S/C22H21N7/c1-14-20(15(2)28(3)27-14)19-11-24-22-21(26-19)18(10-23-22)17-9-25-29(13-17)12-16-7-5-4-6-8-16/h4-11,13H,12H2,1-3H3,(H,23,24). The lowest BCUT2D eigenvalue weighted by atomic mass is 10.1. The number of aromatic nitrogens is 7. The van der Waals surface area contributed by atoms with Gasteiger partial charge in [0.2, 0.25) is 0 Å². The summed E-state index contributed by atoms with van der Waals surface area (Å²) in [6.45, 7) is 4.78. The molecule has 1 N–H and O–H groups in total. The quantitative estimate of drug-likeness (QED) is 0.511. The van der Waals surface area contributed by atoms with Gasteiger partial charge in [-0.1, -0.05) is 30.3 Å². The number of nitrogens with zero attached hydrogens (tertiary/aromatic N) is 6. The molecule has 0 radical (unpaired) electrons. The Hall–Kier alpha value is -3.74. The van der Waals surface area contributed by atoms with Crippen LogP contribution in [0.2, 0.25) is 0 Å². The monoisotopic (exact) mass is 383 g/mol. The van der Waals surface area contributed by atoms with Crippen molar-refractivity contribution in [3.63, 3.8) is 0 Å². The van der Waals surface area contributed by atoms with Gasteiger partial charge in [-0.3, -0.25) is 9.36 Å². The van der Waals surface area contributed by atoms with Gasteiger partial charge < -0.3 is 4.98 Å². The van der Waals surface area contributed by atoms with E-state index >= 15 is 0 Å². The lowest BCUT2D eigenvalue weighted by Crippen LogP contribution is -1.99. The van der Waals surface area contributed by atoms with Gasteiger partial charge in [-0.2, -0.15) is 10.2 Å². The maximum absolute atomic E-state index is 4.93. The van der Waals surface area contributed by atoms with E-state index in [1.54, 1.807) is 6.20 Å². The van der Waals surface area contributed by atoms with Crippen LogP contribution in [-0.2, 0) is 13.6 Å². The van der Waals surface area contributed by atoms with Gasteiger partial charge in [0.15, 0.2) is 5.65 Å². The minimum atomic E-state index is 0.730. The molecule has 144 valence electrons. The SMILES string of the molecule is Cc1nn(C)c(C)c1-c1cnc2[nH]cc(-c3cnn(Cc4ccccc4)c3)c2n1. The maximum atomic E-state index is 4.93. The van der Waals surface area contributed by atoms with Crippen molar-refractivity contribution in [1.29, 1.82) is 0 Å². The number of rotatable bonds is 4. The molecule has 0 atom stereocenters. The van der Waals surface area contributed by atoms with Crippen molar-refractivity contribution >= 4 is 11.2 Å². The number of benzene rings is 1. The van der Waals surface area contributed by atoms with Crippen LogP contribution in [0.1, 0.15) is 17.0 Å². The third kappa shape index (κ3) is 3.00. The molecule has 0 spiro atoms. The number of nitrogens with one attached hydrogen (secondary N) is 1. The highest BCUT2D eigenvalue weighted by molar-refractivity contribution is 5.91. The van der Waals surface area contributed by atoms with Crippen LogP contribution in [0.25, 0.3) is 33.5 Å². The molecular weight excluding hydrogens is 362 g/mol. The van der Waals surface area contributed by atoms with Crippen molar-refractivity contribution in [3.05, 3.63) is 72.1 Å². The largest absolute Gasteiger partial charge is 0.344 e. The van der Waals surface area contributed by atoms with Crippen molar-refractivity contribution in [3.8, 4) is 22.4 Å². The fraction of sp³-hybridized carbons (Fsp3) is 0.182. The zero-order valence-electron chi connectivity index (χ0n) is 16.6. The Balaban J connectivity index is 1.54. The Bertz CT molecular complexity index is 1310. The summed E-state index contributed by atoms with van der Waals surface area (Å²) >= 11 is 0. The summed E-state index contributed by atoms with van der Waals surface area (Å²) in [5.74, 6) is 0. The van der Waals surface area contributed by atoms with Crippen LogP contribution in [0.3, 0.4) is 0 Å². The van der Waals surface area contributed by atoms with E-state index in [-0.39, 0.29) is 0 Å². The first-order chi connectivity index (χ1) is 14.1. The molecule has 7 heteroatoms. The van der Waals surface area contributed by atoms with E-state index in [4.69, 9.17) is 4.98 Å². The van der Waals surface area contributed by atoms with Crippen LogP contribution in [0.4, 0.5) is 0 Å². The van der Waals surface area contributed by atoms with Crippen molar-refractivity contribution in [2.45, 2.75) is 20.4 Å². The zero-order chi connectivity index (χ0) is 20.0. The molecule has 5 aromatic rings. The summed E-state index contributed by atoms with van der Waals surface area (Å²) in [4.78, 5) is 12.7. The molecule has 0 unspecified atom stereocenters. The molecule has 0 aliphatic carbocycles. The molecule has 0 fully saturated rings. The fourth-order valence-electron chi connectivity index (χ4n) is 3.74. The summed E-state index contributed by atoms with van der Waals surface area (Å²) in [5.41, 5.74) is 8.71. The van der Waals surface area contributed by atoms with Gasteiger partial charge in [-0.15, -0.1) is 0 Å². The number of hydrogen-bond donors (Lipinski definition) is 1. The molecule has 0 saturated carbocycles. The number of aromatic amines is 1. The minimum Gasteiger partial charge on any atom is -0.344 e. The third-order valence-corrected chi connectivity index (χ3v) is 5.28. The van der Waals surface area contributed by atoms with Crippen LogP contribution in [0.15, 0.2) is 55.1 Å². The Morgan fingerprint density at radius 3 is 2.66 bits per heavy atom. The van der Waals surface area contributed by atoms with Crippen LogP contribution in [0, 0.1) is 13.8 Å². The molecule has 0 amide bonds. The second-order valence-electron chi connectivity index (χ2n) is 7.24. The molecule has 7 nitrogen and oxygen atoms in total. The second kappa shape index (κ2) is 6.70. The molecule has 0 aliphatic heterocycles. The lowest BCUT2D eigenvalue weighted by molar-refractivity contribution is 0.687. The first-order valence-corrected chi connectivity index (χ1v) is 9.51. The number of hydrogen-bond acceptors (Lipinski definition) is 4. The van der Waals surface area contributed by atoms with E-state index in [0.717, 1.165) is 51.5 Å². The lowest BCUT2D eigenvalue weighted by Gasteiger charge is -2.03. The highest BCUT2D eigenvalue weighted by Crippen LogP contribution is 2.30. The van der Waals surface area contributed by atoms with Gasteiger partial charge in [-0.25, -0.2) is 9.97 Å². The van der Waals surface area contributed by atoms with E-state index in [2.05, 4.69) is 32.3 Å². The summed E-state index contributed by atoms with van der Waals surface area (Å²) in [6.07, 6.45) is 7.67.